The van der Waals surface area contributed by atoms with Crippen LogP contribution in [0.15, 0.2) is 30.3 Å². The summed E-state index contributed by atoms with van der Waals surface area (Å²) in [7, 11) is 0. The van der Waals surface area contributed by atoms with Crippen molar-refractivity contribution in [2.45, 2.75) is 12.5 Å². The van der Waals surface area contributed by atoms with Crippen molar-refractivity contribution in [1.82, 2.24) is 14.9 Å². The highest BCUT2D eigenvalue weighted by Crippen LogP contribution is 2.33. The molecule has 3 aromatic rings. The van der Waals surface area contributed by atoms with Gasteiger partial charge < -0.3 is 10.1 Å². The number of aliphatic carboxylic acids is 1. The molecule has 2 heterocycles. The molecule has 2 amide bonds. The average Bonchev–Trinajstić information content (AvgIpc) is 3.13. The molecule has 0 saturated heterocycles. The highest BCUT2D eigenvalue weighted by atomic mass is 35.5. The van der Waals surface area contributed by atoms with E-state index in [1.54, 1.807) is 18.2 Å². The van der Waals surface area contributed by atoms with E-state index in [0.717, 1.165) is 0 Å². The summed E-state index contributed by atoms with van der Waals surface area (Å²) in [5.74, 6) is -2.53. The Bertz CT molecular complexity index is 1130. The number of carboxylic acid groups (broad SMARTS) is 1. The summed E-state index contributed by atoms with van der Waals surface area (Å²) in [6, 6.07) is 6.06. The minimum absolute atomic E-state index is 0.0158. The number of fused-ring (bicyclic) bond motifs is 2. The number of carbonyl (C=O) groups excluding carboxylic acids is 2. The van der Waals surface area contributed by atoms with E-state index in [1.165, 1.54) is 12.1 Å². The van der Waals surface area contributed by atoms with Gasteiger partial charge in [-0.05, 0) is 30.3 Å². The topological polar surface area (TPSA) is 103 Å². The highest BCUT2D eigenvalue weighted by Gasteiger charge is 2.43. The number of aromatic amines is 1. The summed E-state index contributed by atoms with van der Waals surface area (Å²) in [4.78, 5) is 45.3. The van der Waals surface area contributed by atoms with Crippen LogP contribution in [-0.4, -0.2) is 43.8 Å². The number of nitrogens with one attached hydrogen (secondary N) is 1. The van der Waals surface area contributed by atoms with E-state index >= 15 is 0 Å². The van der Waals surface area contributed by atoms with Crippen molar-refractivity contribution in [3.05, 3.63) is 62.4 Å². The molecule has 1 aromatic heterocycles. The number of imide groups is 1. The molecule has 28 heavy (non-hydrogen) atoms. The number of H-pyrrole nitrogens is 1. The number of amides is 2. The number of nitrogens with zero attached hydrogens (tertiary/aromatic N) is 2. The second-order valence-corrected chi connectivity index (χ2v) is 7.45. The first kappa shape index (κ1) is 18.7. The zero-order valence-electron chi connectivity index (χ0n) is 13.9. The van der Waals surface area contributed by atoms with Gasteiger partial charge in [-0.25, -0.2) is 9.78 Å². The second-order valence-electron chi connectivity index (χ2n) is 6.20. The highest BCUT2D eigenvalue weighted by molar-refractivity contribution is 6.43. The molecule has 0 unspecified atom stereocenters. The number of carboxylic acids is 1. The lowest BCUT2D eigenvalue weighted by molar-refractivity contribution is -0.141. The van der Waals surface area contributed by atoms with Gasteiger partial charge in [-0.3, -0.25) is 14.5 Å². The summed E-state index contributed by atoms with van der Waals surface area (Å²) in [6.45, 7) is 0. The molecule has 0 saturated carbocycles. The quantitative estimate of drug-likeness (QED) is 0.603. The summed E-state index contributed by atoms with van der Waals surface area (Å²) in [6.07, 6.45) is -0.200. The molecule has 0 bridgehead atoms. The van der Waals surface area contributed by atoms with E-state index in [4.69, 9.17) is 34.8 Å². The number of aromatic nitrogens is 2. The van der Waals surface area contributed by atoms with Gasteiger partial charge in [-0.2, -0.15) is 0 Å². The van der Waals surface area contributed by atoms with Gasteiger partial charge >= 0.3 is 5.97 Å². The molecule has 10 heteroatoms. The van der Waals surface area contributed by atoms with Crippen LogP contribution in [-0.2, 0) is 11.2 Å². The Morgan fingerprint density at radius 2 is 1.68 bits per heavy atom. The Kier molecular flexibility index (Phi) is 4.53. The van der Waals surface area contributed by atoms with Crippen LogP contribution in [0.4, 0.5) is 0 Å². The van der Waals surface area contributed by atoms with Gasteiger partial charge in [0.1, 0.15) is 11.9 Å². The molecule has 142 valence electrons. The number of hydrogen-bond acceptors (Lipinski definition) is 4. The summed E-state index contributed by atoms with van der Waals surface area (Å²) < 4.78 is 0. The van der Waals surface area contributed by atoms with Crippen molar-refractivity contribution in [2.75, 3.05) is 0 Å². The van der Waals surface area contributed by atoms with E-state index in [2.05, 4.69) is 9.97 Å². The van der Waals surface area contributed by atoms with Gasteiger partial charge in [0.2, 0.25) is 0 Å². The van der Waals surface area contributed by atoms with Crippen LogP contribution in [0.2, 0.25) is 15.1 Å². The Morgan fingerprint density at radius 3 is 2.25 bits per heavy atom. The third kappa shape index (κ3) is 3.01. The molecule has 0 fully saturated rings. The molecule has 4 rings (SSSR count). The largest absolute Gasteiger partial charge is 0.480 e. The van der Waals surface area contributed by atoms with Crippen LogP contribution in [0.25, 0.3) is 11.0 Å². The van der Waals surface area contributed by atoms with Gasteiger partial charge in [-0.1, -0.05) is 34.8 Å². The Morgan fingerprint density at radius 1 is 1.07 bits per heavy atom. The number of imidazole rings is 1. The normalized spacial score (nSPS) is 14.6. The lowest BCUT2D eigenvalue weighted by Crippen LogP contribution is -2.46. The van der Waals surface area contributed by atoms with E-state index < -0.39 is 23.8 Å². The molecule has 1 atom stereocenters. The molecule has 1 aliphatic heterocycles. The van der Waals surface area contributed by atoms with Crippen molar-refractivity contribution in [1.29, 1.82) is 0 Å². The van der Waals surface area contributed by atoms with Crippen LogP contribution in [0, 0.1) is 0 Å². The third-order valence-corrected chi connectivity index (χ3v) is 5.39. The first-order valence-corrected chi connectivity index (χ1v) is 9.13. The van der Waals surface area contributed by atoms with E-state index in [0.29, 0.717) is 26.8 Å². The van der Waals surface area contributed by atoms with Crippen molar-refractivity contribution >= 4 is 63.6 Å². The lowest BCUT2D eigenvalue weighted by Gasteiger charge is -2.21. The van der Waals surface area contributed by atoms with Crippen molar-refractivity contribution in [2.24, 2.45) is 0 Å². The first-order valence-electron chi connectivity index (χ1n) is 8.00. The molecule has 0 spiro atoms. The van der Waals surface area contributed by atoms with E-state index in [9.17, 15) is 19.5 Å². The van der Waals surface area contributed by atoms with Crippen LogP contribution in [0.1, 0.15) is 26.5 Å². The number of carbonyl (C=O) groups is 3. The van der Waals surface area contributed by atoms with E-state index in [-0.39, 0.29) is 27.6 Å². The third-order valence-electron chi connectivity index (χ3n) is 4.44. The van der Waals surface area contributed by atoms with Crippen molar-refractivity contribution in [3.63, 3.8) is 0 Å². The summed E-state index contributed by atoms with van der Waals surface area (Å²) >= 11 is 17.8. The number of rotatable bonds is 4. The van der Waals surface area contributed by atoms with E-state index in [1.807, 2.05) is 0 Å². The van der Waals surface area contributed by atoms with Crippen LogP contribution in [0.3, 0.4) is 0 Å². The SMILES string of the molecule is O=C(O)[C@@H](Cc1nc2ccc(Cl)cc2[nH]1)N1C(=O)c2cc(Cl)c(Cl)cc2C1=O. The fraction of sp³-hybridized carbons (Fsp3) is 0.111. The minimum Gasteiger partial charge on any atom is -0.480 e. The molecule has 0 radical (unpaired) electrons. The first-order chi connectivity index (χ1) is 13.3. The second kappa shape index (κ2) is 6.77. The van der Waals surface area contributed by atoms with Crippen LogP contribution in [0.5, 0.6) is 0 Å². The Balaban J connectivity index is 1.71. The van der Waals surface area contributed by atoms with Crippen molar-refractivity contribution < 1.29 is 19.5 Å². The van der Waals surface area contributed by atoms with Gasteiger partial charge in [-0.15, -0.1) is 0 Å². The van der Waals surface area contributed by atoms with Gasteiger partial charge in [0.25, 0.3) is 11.8 Å². The maximum absolute atomic E-state index is 12.7. The molecule has 2 N–H and O–H groups in total. The molecular formula is C18H10Cl3N3O4. The molecule has 1 aliphatic rings. The number of hydrogen-bond donors (Lipinski definition) is 2. The molecular weight excluding hydrogens is 429 g/mol. The van der Waals surface area contributed by atoms with Gasteiger partial charge in [0.15, 0.2) is 0 Å². The standard InChI is InChI=1S/C18H10Cl3N3O4/c19-7-1-2-12-13(3-7)23-15(22-12)6-14(18(27)28)24-16(25)8-4-10(20)11(21)5-9(8)17(24)26/h1-5,14H,6H2,(H,22,23)(H,27,28)/t14-/m1/s1. The summed E-state index contributed by atoms with van der Waals surface area (Å²) in [5.41, 5.74) is 1.24. The zero-order valence-corrected chi connectivity index (χ0v) is 16.1. The summed E-state index contributed by atoms with van der Waals surface area (Å²) in [5, 5.41) is 10.4. The number of halogens is 3. The predicted molar refractivity (Wildman–Crippen MR) is 103 cm³/mol. The molecule has 0 aliphatic carbocycles. The fourth-order valence-corrected chi connectivity index (χ4v) is 3.64. The van der Waals surface area contributed by atoms with Crippen LogP contribution >= 0.6 is 34.8 Å². The van der Waals surface area contributed by atoms with Crippen molar-refractivity contribution in [3.8, 4) is 0 Å². The smallest absolute Gasteiger partial charge is 0.327 e. The lowest BCUT2D eigenvalue weighted by atomic mass is 10.1. The molecule has 7 nitrogen and oxygen atoms in total. The maximum Gasteiger partial charge on any atom is 0.327 e. The Labute approximate surface area is 172 Å². The maximum atomic E-state index is 12.7. The fourth-order valence-electron chi connectivity index (χ4n) is 3.14. The van der Waals surface area contributed by atoms with Gasteiger partial charge in [0.05, 0.1) is 32.2 Å². The average molecular weight is 439 g/mol. The van der Waals surface area contributed by atoms with Gasteiger partial charge in [0, 0.05) is 11.4 Å². The number of benzene rings is 2. The monoisotopic (exact) mass is 437 g/mol. The predicted octanol–water partition coefficient (Wildman–Crippen LogP) is 3.82. The zero-order chi connectivity index (χ0) is 20.2. The Hall–Kier alpha value is -2.61. The minimum atomic E-state index is -1.46. The van der Waals surface area contributed by atoms with Crippen LogP contribution < -0.4 is 0 Å². The molecule has 2 aromatic carbocycles.